The van der Waals surface area contributed by atoms with Crippen LogP contribution in [0.2, 0.25) is 10.0 Å². The SMILES string of the molecule is CNCC(=O)N1CCc2ccc(Cl)c(Cl)c2C1. The standard InChI is InChI=1S/C12H14Cl2N2O/c1-15-6-11(17)16-5-4-8-2-3-10(13)12(14)9(8)7-16/h2-3,15H,4-7H2,1H3. The predicted octanol–water partition coefficient (Wildman–Crippen LogP) is 2.10. The first kappa shape index (κ1) is 12.7. The van der Waals surface area contributed by atoms with E-state index < -0.39 is 0 Å². The topological polar surface area (TPSA) is 32.3 Å². The van der Waals surface area contributed by atoms with Gasteiger partial charge in [0.1, 0.15) is 0 Å². The summed E-state index contributed by atoms with van der Waals surface area (Å²) >= 11 is 12.2. The summed E-state index contributed by atoms with van der Waals surface area (Å²) in [7, 11) is 1.76. The van der Waals surface area contributed by atoms with E-state index in [1.807, 2.05) is 12.1 Å². The summed E-state index contributed by atoms with van der Waals surface area (Å²) in [5.74, 6) is 0.0918. The molecule has 0 atom stereocenters. The van der Waals surface area contributed by atoms with Gasteiger partial charge in [-0.25, -0.2) is 0 Å². The first-order valence-electron chi connectivity index (χ1n) is 5.51. The van der Waals surface area contributed by atoms with Crippen molar-refractivity contribution in [2.45, 2.75) is 13.0 Å². The first-order valence-corrected chi connectivity index (χ1v) is 6.27. The molecule has 17 heavy (non-hydrogen) atoms. The fourth-order valence-corrected chi connectivity index (χ4v) is 2.46. The van der Waals surface area contributed by atoms with Crippen LogP contribution in [-0.2, 0) is 17.8 Å². The summed E-state index contributed by atoms with van der Waals surface area (Å²) in [6.45, 7) is 1.65. The van der Waals surface area contributed by atoms with E-state index in [9.17, 15) is 4.79 Å². The number of carbonyl (C=O) groups is 1. The van der Waals surface area contributed by atoms with Crippen molar-refractivity contribution >= 4 is 29.1 Å². The van der Waals surface area contributed by atoms with Crippen molar-refractivity contribution < 1.29 is 4.79 Å². The smallest absolute Gasteiger partial charge is 0.236 e. The van der Waals surface area contributed by atoms with E-state index in [1.54, 1.807) is 11.9 Å². The van der Waals surface area contributed by atoms with Crippen molar-refractivity contribution in [2.24, 2.45) is 0 Å². The van der Waals surface area contributed by atoms with E-state index in [-0.39, 0.29) is 5.91 Å². The molecule has 0 saturated carbocycles. The number of halogens is 2. The first-order chi connectivity index (χ1) is 8.13. The molecular weight excluding hydrogens is 259 g/mol. The van der Waals surface area contributed by atoms with Gasteiger partial charge < -0.3 is 10.2 Å². The van der Waals surface area contributed by atoms with Crippen molar-refractivity contribution in [1.82, 2.24) is 10.2 Å². The van der Waals surface area contributed by atoms with Crippen LogP contribution < -0.4 is 5.32 Å². The summed E-state index contributed by atoms with van der Waals surface area (Å²) in [4.78, 5) is 13.6. The van der Waals surface area contributed by atoms with E-state index >= 15 is 0 Å². The molecular formula is C12H14Cl2N2O. The van der Waals surface area contributed by atoms with Gasteiger partial charge in [0.25, 0.3) is 0 Å². The number of carbonyl (C=O) groups excluding carboxylic acids is 1. The maximum atomic E-state index is 11.8. The quantitative estimate of drug-likeness (QED) is 0.895. The summed E-state index contributed by atoms with van der Waals surface area (Å²) in [6, 6.07) is 3.80. The zero-order valence-electron chi connectivity index (χ0n) is 9.59. The van der Waals surface area contributed by atoms with Crippen LogP contribution >= 0.6 is 23.2 Å². The van der Waals surface area contributed by atoms with Gasteiger partial charge in [-0.05, 0) is 30.7 Å². The number of hydrogen-bond acceptors (Lipinski definition) is 2. The molecule has 1 aromatic carbocycles. The Morgan fingerprint density at radius 1 is 1.47 bits per heavy atom. The fourth-order valence-electron chi connectivity index (χ4n) is 2.04. The van der Waals surface area contributed by atoms with Crippen molar-refractivity contribution in [3.63, 3.8) is 0 Å². The summed E-state index contributed by atoms with van der Waals surface area (Å²) < 4.78 is 0. The third-order valence-corrected chi connectivity index (χ3v) is 3.82. The molecule has 1 amide bonds. The lowest BCUT2D eigenvalue weighted by Gasteiger charge is -2.29. The van der Waals surface area contributed by atoms with Gasteiger partial charge in [-0.3, -0.25) is 4.79 Å². The molecule has 2 rings (SSSR count). The molecule has 3 nitrogen and oxygen atoms in total. The van der Waals surface area contributed by atoms with Gasteiger partial charge in [0.15, 0.2) is 0 Å². The van der Waals surface area contributed by atoms with Gasteiger partial charge in [0.2, 0.25) is 5.91 Å². The van der Waals surface area contributed by atoms with E-state index in [0.717, 1.165) is 18.5 Å². The molecule has 1 aromatic rings. The number of fused-ring (bicyclic) bond motifs is 1. The second-order valence-corrected chi connectivity index (χ2v) is 4.88. The van der Waals surface area contributed by atoms with Gasteiger partial charge in [-0.15, -0.1) is 0 Å². The van der Waals surface area contributed by atoms with Crippen LogP contribution in [0.4, 0.5) is 0 Å². The Balaban J connectivity index is 2.23. The Morgan fingerprint density at radius 3 is 2.94 bits per heavy atom. The molecule has 5 heteroatoms. The lowest BCUT2D eigenvalue weighted by molar-refractivity contribution is -0.131. The van der Waals surface area contributed by atoms with Gasteiger partial charge in [-0.1, -0.05) is 29.3 Å². The molecule has 0 fully saturated rings. The highest BCUT2D eigenvalue weighted by Gasteiger charge is 2.22. The number of benzene rings is 1. The maximum Gasteiger partial charge on any atom is 0.236 e. The predicted molar refractivity (Wildman–Crippen MR) is 69.5 cm³/mol. The monoisotopic (exact) mass is 272 g/mol. The number of likely N-dealkylation sites (N-methyl/N-ethyl adjacent to an activating group) is 1. The van der Waals surface area contributed by atoms with Crippen molar-refractivity contribution in [3.8, 4) is 0 Å². The minimum absolute atomic E-state index is 0.0918. The Morgan fingerprint density at radius 2 is 2.24 bits per heavy atom. The van der Waals surface area contributed by atoms with Crippen LogP contribution in [0.3, 0.4) is 0 Å². The van der Waals surface area contributed by atoms with E-state index in [4.69, 9.17) is 23.2 Å². The van der Waals surface area contributed by atoms with Crippen LogP contribution in [0.25, 0.3) is 0 Å². The summed E-state index contributed by atoms with van der Waals surface area (Å²) in [5.41, 5.74) is 2.17. The average Bonchev–Trinajstić information content (AvgIpc) is 2.34. The Kier molecular flexibility index (Phi) is 3.92. The molecule has 0 unspecified atom stereocenters. The molecule has 0 aromatic heterocycles. The number of nitrogens with one attached hydrogen (secondary N) is 1. The molecule has 1 aliphatic rings. The summed E-state index contributed by atoms with van der Waals surface area (Å²) in [6.07, 6.45) is 0.835. The molecule has 1 heterocycles. The highest BCUT2D eigenvalue weighted by molar-refractivity contribution is 6.42. The van der Waals surface area contributed by atoms with Crippen LogP contribution in [0.5, 0.6) is 0 Å². The third-order valence-electron chi connectivity index (χ3n) is 2.97. The third kappa shape index (κ3) is 2.57. The van der Waals surface area contributed by atoms with Crippen LogP contribution in [0.15, 0.2) is 12.1 Å². The molecule has 0 spiro atoms. The minimum atomic E-state index is 0.0918. The fraction of sp³-hybridized carbons (Fsp3) is 0.417. The van der Waals surface area contributed by atoms with Gasteiger partial charge in [0, 0.05) is 13.1 Å². The van der Waals surface area contributed by atoms with E-state index in [1.165, 1.54) is 5.56 Å². The zero-order valence-corrected chi connectivity index (χ0v) is 11.1. The van der Waals surface area contributed by atoms with Gasteiger partial charge in [-0.2, -0.15) is 0 Å². The number of nitrogens with zero attached hydrogens (tertiary/aromatic N) is 1. The normalized spacial score (nSPS) is 14.6. The Bertz CT molecular complexity index is 448. The number of rotatable bonds is 2. The largest absolute Gasteiger partial charge is 0.337 e. The second kappa shape index (κ2) is 5.25. The minimum Gasteiger partial charge on any atom is -0.337 e. The highest BCUT2D eigenvalue weighted by Crippen LogP contribution is 2.32. The van der Waals surface area contributed by atoms with Gasteiger partial charge in [0.05, 0.1) is 16.6 Å². The second-order valence-electron chi connectivity index (χ2n) is 4.09. The lowest BCUT2D eigenvalue weighted by Crippen LogP contribution is -2.40. The van der Waals surface area contributed by atoms with Crippen LogP contribution in [0, 0.1) is 0 Å². The molecule has 1 N–H and O–H groups in total. The maximum absolute atomic E-state index is 11.8. The van der Waals surface area contributed by atoms with Crippen LogP contribution in [0.1, 0.15) is 11.1 Å². The molecule has 0 aliphatic carbocycles. The average molecular weight is 273 g/mol. The molecule has 0 saturated heterocycles. The summed E-state index contributed by atoms with van der Waals surface area (Å²) in [5, 5.41) is 3.99. The lowest BCUT2D eigenvalue weighted by atomic mass is 9.99. The van der Waals surface area contributed by atoms with E-state index in [2.05, 4.69) is 5.32 Å². The van der Waals surface area contributed by atoms with Crippen molar-refractivity contribution in [1.29, 1.82) is 0 Å². The molecule has 0 radical (unpaired) electrons. The van der Waals surface area contributed by atoms with Gasteiger partial charge >= 0.3 is 0 Å². The number of amides is 1. The Labute approximate surface area is 111 Å². The number of hydrogen-bond donors (Lipinski definition) is 1. The highest BCUT2D eigenvalue weighted by atomic mass is 35.5. The molecule has 0 bridgehead atoms. The Hall–Kier alpha value is -0.770. The van der Waals surface area contributed by atoms with Crippen molar-refractivity contribution in [3.05, 3.63) is 33.3 Å². The molecule has 1 aliphatic heterocycles. The molecule has 92 valence electrons. The van der Waals surface area contributed by atoms with Crippen LogP contribution in [-0.4, -0.2) is 30.9 Å². The van der Waals surface area contributed by atoms with E-state index in [0.29, 0.717) is 23.1 Å². The zero-order chi connectivity index (χ0) is 12.4. The van der Waals surface area contributed by atoms with Crippen molar-refractivity contribution in [2.75, 3.05) is 20.1 Å².